The van der Waals surface area contributed by atoms with Gasteiger partial charge in [0.2, 0.25) is 0 Å². The van der Waals surface area contributed by atoms with Crippen LogP contribution in [-0.4, -0.2) is 21.6 Å². The highest BCUT2D eigenvalue weighted by molar-refractivity contribution is 5.81. The molecule has 0 spiro atoms. The molecule has 4 rings (SSSR count). The molecule has 0 amide bonds. The fraction of sp³-hybridized carbons (Fsp3) is 0.500. The zero-order chi connectivity index (χ0) is 22.7. The predicted octanol–water partition coefficient (Wildman–Crippen LogP) is 6.39. The normalized spacial score (nSPS) is 22.2. The highest BCUT2D eigenvalue weighted by Crippen LogP contribution is 2.36. The van der Waals surface area contributed by atoms with Gasteiger partial charge >= 0.3 is 5.97 Å². The van der Waals surface area contributed by atoms with Gasteiger partial charge in [-0.3, -0.25) is 0 Å². The number of imidazole rings is 1. The number of aromatic nitrogens is 2. The molecule has 3 aromatic rings. The lowest BCUT2D eigenvalue weighted by Crippen LogP contribution is -2.38. The highest BCUT2D eigenvalue weighted by atomic mass is 16.5. The Hall–Kier alpha value is -2.62. The van der Waals surface area contributed by atoms with Crippen LogP contribution in [-0.2, 0) is 22.4 Å². The maximum atomic E-state index is 13.8. The SMILES string of the molecule is CCc1nc2ccccc2n1[C@H](Cc1ccccc1)C(=O)OC1C[C@H](C)CC[C@H]1C(C)C. The first-order valence-electron chi connectivity index (χ1n) is 12.2. The number of carbonyl (C=O) groups excluding carboxylic acids is 1. The third-order valence-electron chi connectivity index (χ3n) is 7.07. The van der Waals surface area contributed by atoms with Gasteiger partial charge in [-0.2, -0.15) is 0 Å². The lowest BCUT2D eigenvalue weighted by atomic mass is 9.75. The Balaban J connectivity index is 1.71. The van der Waals surface area contributed by atoms with Gasteiger partial charge in [-0.25, -0.2) is 9.78 Å². The van der Waals surface area contributed by atoms with Crippen molar-refractivity contribution in [1.29, 1.82) is 0 Å². The first-order valence-corrected chi connectivity index (χ1v) is 12.2. The molecule has 1 unspecified atom stereocenters. The predicted molar refractivity (Wildman–Crippen MR) is 130 cm³/mol. The maximum absolute atomic E-state index is 13.8. The van der Waals surface area contributed by atoms with Crippen LogP contribution in [0, 0.1) is 17.8 Å². The number of esters is 1. The average molecular weight is 433 g/mol. The minimum atomic E-state index is -0.426. The summed E-state index contributed by atoms with van der Waals surface area (Å²) in [7, 11) is 0. The summed E-state index contributed by atoms with van der Waals surface area (Å²) in [5, 5.41) is 0. The molecule has 0 radical (unpaired) electrons. The third kappa shape index (κ3) is 4.74. The molecule has 1 heterocycles. The molecule has 2 aromatic carbocycles. The van der Waals surface area contributed by atoms with E-state index in [1.807, 2.05) is 36.4 Å². The molecule has 170 valence electrons. The summed E-state index contributed by atoms with van der Waals surface area (Å²) in [4.78, 5) is 18.7. The van der Waals surface area contributed by atoms with Crippen molar-refractivity contribution in [1.82, 2.24) is 9.55 Å². The molecule has 1 aliphatic rings. The van der Waals surface area contributed by atoms with E-state index < -0.39 is 6.04 Å². The van der Waals surface area contributed by atoms with E-state index in [-0.39, 0.29) is 12.1 Å². The summed E-state index contributed by atoms with van der Waals surface area (Å²) < 4.78 is 8.48. The molecular formula is C28H36N2O2. The number of ether oxygens (including phenoxy) is 1. The maximum Gasteiger partial charge on any atom is 0.329 e. The summed E-state index contributed by atoms with van der Waals surface area (Å²) >= 11 is 0. The fourth-order valence-corrected chi connectivity index (χ4v) is 5.29. The lowest BCUT2D eigenvalue weighted by molar-refractivity contribution is -0.160. The van der Waals surface area contributed by atoms with Gasteiger partial charge in [-0.05, 0) is 48.3 Å². The second-order valence-electron chi connectivity index (χ2n) is 9.75. The molecule has 1 saturated carbocycles. The van der Waals surface area contributed by atoms with Crippen LogP contribution < -0.4 is 0 Å². The van der Waals surface area contributed by atoms with Crippen LogP contribution in [0.5, 0.6) is 0 Å². The van der Waals surface area contributed by atoms with Crippen molar-refractivity contribution >= 4 is 17.0 Å². The summed E-state index contributed by atoms with van der Waals surface area (Å²) in [6.07, 6.45) is 4.66. The van der Waals surface area contributed by atoms with Crippen LogP contribution in [0.2, 0.25) is 0 Å². The fourth-order valence-electron chi connectivity index (χ4n) is 5.29. The summed E-state index contributed by atoms with van der Waals surface area (Å²) in [6.45, 7) is 8.88. The number of nitrogens with zero attached hydrogens (tertiary/aromatic N) is 2. The van der Waals surface area contributed by atoms with Crippen LogP contribution in [0.4, 0.5) is 0 Å². The second-order valence-corrected chi connectivity index (χ2v) is 9.75. The molecule has 1 aromatic heterocycles. The standard InChI is InChI=1S/C28H36N2O2/c1-5-27-29-23-13-9-10-14-24(23)30(27)25(18-21-11-7-6-8-12-21)28(31)32-26-17-20(4)15-16-22(26)19(2)3/h6-14,19-20,22,25-26H,5,15-18H2,1-4H3/t20-,22+,25-,26?/m1/s1. The van der Waals surface area contributed by atoms with E-state index in [2.05, 4.69) is 50.5 Å². The summed E-state index contributed by atoms with van der Waals surface area (Å²) in [5.41, 5.74) is 3.06. The largest absolute Gasteiger partial charge is 0.461 e. The molecule has 0 N–H and O–H groups in total. The van der Waals surface area contributed by atoms with Crippen LogP contribution >= 0.6 is 0 Å². The monoisotopic (exact) mass is 432 g/mol. The van der Waals surface area contributed by atoms with Crippen LogP contribution in [0.25, 0.3) is 11.0 Å². The van der Waals surface area contributed by atoms with E-state index in [0.29, 0.717) is 24.2 Å². The molecule has 4 atom stereocenters. The first kappa shape index (κ1) is 22.6. The second kappa shape index (κ2) is 9.89. The van der Waals surface area contributed by atoms with Crippen molar-refractivity contribution in [2.24, 2.45) is 17.8 Å². The summed E-state index contributed by atoms with van der Waals surface area (Å²) in [5.74, 6) is 2.33. The zero-order valence-electron chi connectivity index (χ0n) is 19.8. The molecule has 1 aliphatic carbocycles. The van der Waals surface area contributed by atoms with Crippen LogP contribution in [0.15, 0.2) is 54.6 Å². The number of hydrogen-bond donors (Lipinski definition) is 0. The lowest BCUT2D eigenvalue weighted by Gasteiger charge is -2.37. The van der Waals surface area contributed by atoms with Crippen molar-refractivity contribution in [3.8, 4) is 0 Å². The van der Waals surface area contributed by atoms with Gasteiger partial charge in [0.1, 0.15) is 18.0 Å². The molecule has 0 aliphatic heterocycles. The number of hydrogen-bond acceptors (Lipinski definition) is 3. The highest BCUT2D eigenvalue weighted by Gasteiger charge is 2.36. The van der Waals surface area contributed by atoms with Crippen molar-refractivity contribution in [3.63, 3.8) is 0 Å². The number of carbonyl (C=O) groups is 1. The molecule has 1 fully saturated rings. The minimum Gasteiger partial charge on any atom is -0.461 e. The average Bonchev–Trinajstić information content (AvgIpc) is 3.16. The molecule has 32 heavy (non-hydrogen) atoms. The minimum absolute atomic E-state index is 0.00983. The quantitative estimate of drug-likeness (QED) is 0.407. The Morgan fingerprint density at radius 2 is 1.81 bits per heavy atom. The van der Waals surface area contributed by atoms with Gasteiger partial charge in [0.25, 0.3) is 0 Å². The van der Waals surface area contributed by atoms with Gasteiger partial charge in [0.15, 0.2) is 0 Å². The van der Waals surface area contributed by atoms with Gasteiger partial charge < -0.3 is 9.30 Å². The number of benzene rings is 2. The van der Waals surface area contributed by atoms with Crippen molar-refractivity contribution in [2.75, 3.05) is 0 Å². The third-order valence-corrected chi connectivity index (χ3v) is 7.07. The first-order chi connectivity index (χ1) is 15.5. The molecule has 4 nitrogen and oxygen atoms in total. The molecule has 0 bridgehead atoms. The molecule has 0 saturated heterocycles. The van der Waals surface area contributed by atoms with Gasteiger partial charge in [0, 0.05) is 12.8 Å². The number of para-hydroxylation sites is 2. The Labute approximate surface area is 192 Å². The van der Waals surface area contributed by atoms with Gasteiger partial charge in [-0.1, -0.05) is 76.6 Å². The molecular weight excluding hydrogens is 396 g/mol. The summed E-state index contributed by atoms with van der Waals surface area (Å²) in [6, 6.07) is 17.9. The van der Waals surface area contributed by atoms with Crippen molar-refractivity contribution in [2.45, 2.75) is 71.9 Å². The number of rotatable bonds is 7. The van der Waals surface area contributed by atoms with E-state index in [4.69, 9.17) is 9.72 Å². The van der Waals surface area contributed by atoms with E-state index in [1.165, 1.54) is 6.42 Å². The smallest absolute Gasteiger partial charge is 0.329 e. The van der Waals surface area contributed by atoms with Gasteiger partial charge in [0.05, 0.1) is 11.0 Å². The van der Waals surface area contributed by atoms with Crippen molar-refractivity contribution < 1.29 is 9.53 Å². The Morgan fingerprint density at radius 3 is 2.53 bits per heavy atom. The van der Waals surface area contributed by atoms with Gasteiger partial charge in [-0.15, -0.1) is 0 Å². The van der Waals surface area contributed by atoms with E-state index in [9.17, 15) is 4.79 Å². The zero-order valence-corrected chi connectivity index (χ0v) is 19.8. The number of aryl methyl sites for hydroxylation is 1. The van der Waals surface area contributed by atoms with Crippen LogP contribution in [0.3, 0.4) is 0 Å². The topological polar surface area (TPSA) is 44.1 Å². The Kier molecular flexibility index (Phi) is 6.98. The van der Waals surface area contributed by atoms with E-state index in [1.54, 1.807) is 0 Å². The Morgan fingerprint density at radius 1 is 1.09 bits per heavy atom. The Bertz CT molecular complexity index is 1040. The van der Waals surface area contributed by atoms with Crippen molar-refractivity contribution in [3.05, 3.63) is 66.0 Å². The number of fused-ring (bicyclic) bond motifs is 1. The van der Waals surface area contributed by atoms with E-state index in [0.717, 1.165) is 41.7 Å². The molecule has 4 heteroatoms. The van der Waals surface area contributed by atoms with E-state index >= 15 is 0 Å². The van der Waals surface area contributed by atoms with Crippen LogP contribution in [0.1, 0.15) is 64.4 Å².